The van der Waals surface area contributed by atoms with Crippen molar-refractivity contribution in [3.8, 4) is 0 Å². The van der Waals surface area contributed by atoms with Crippen LogP contribution in [-0.2, 0) is 11.2 Å². The summed E-state index contributed by atoms with van der Waals surface area (Å²) in [6.07, 6.45) is 8.93. The quantitative estimate of drug-likeness (QED) is 0.846. The van der Waals surface area contributed by atoms with Crippen LogP contribution in [0.4, 0.5) is 5.82 Å². The summed E-state index contributed by atoms with van der Waals surface area (Å²) in [5.41, 5.74) is 1.02. The maximum atomic E-state index is 5.63. The fraction of sp³-hybridized carbons (Fsp3) is 0.467. The Labute approximate surface area is 124 Å². The van der Waals surface area contributed by atoms with E-state index in [2.05, 4.69) is 24.8 Å². The topological polar surface area (TPSA) is 64.0 Å². The number of nitrogens with zero attached hydrogens (tertiary/aromatic N) is 5. The number of ether oxygens (including phenoxy) is 1. The van der Waals surface area contributed by atoms with Gasteiger partial charge in [-0.25, -0.2) is 9.97 Å². The molecule has 0 spiro atoms. The molecule has 1 aliphatic heterocycles. The van der Waals surface area contributed by atoms with Crippen LogP contribution in [0.15, 0.2) is 30.9 Å². The number of aromatic nitrogens is 4. The minimum absolute atomic E-state index is 0.315. The van der Waals surface area contributed by atoms with Crippen LogP contribution < -0.4 is 4.90 Å². The second kappa shape index (κ2) is 6.58. The van der Waals surface area contributed by atoms with Gasteiger partial charge in [0.15, 0.2) is 0 Å². The van der Waals surface area contributed by atoms with Gasteiger partial charge in [-0.05, 0) is 25.8 Å². The van der Waals surface area contributed by atoms with E-state index in [1.807, 2.05) is 25.4 Å². The second-order valence-corrected chi connectivity index (χ2v) is 5.12. The highest BCUT2D eigenvalue weighted by Gasteiger charge is 2.24. The van der Waals surface area contributed by atoms with Crippen LogP contribution in [0.3, 0.4) is 0 Å². The fourth-order valence-corrected chi connectivity index (χ4v) is 2.57. The molecule has 1 aliphatic rings. The maximum Gasteiger partial charge on any atom is 0.132 e. The number of rotatable bonds is 4. The highest BCUT2D eigenvalue weighted by molar-refractivity contribution is 5.39. The molecule has 21 heavy (non-hydrogen) atoms. The third kappa shape index (κ3) is 3.52. The van der Waals surface area contributed by atoms with Crippen LogP contribution in [-0.4, -0.2) is 45.7 Å². The molecule has 1 fully saturated rings. The molecule has 3 heterocycles. The normalized spacial score (nSPS) is 18.7. The number of morpholine rings is 1. The van der Waals surface area contributed by atoms with Crippen molar-refractivity contribution in [2.75, 3.05) is 24.7 Å². The van der Waals surface area contributed by atoms with Gasteiger partial charge in [-0.3, -0.25) is 9.97 Å². The van der Waals surface area contributed by atoms with Gasteiger partial charge in [-0.2, -0.15) is 0 Å². The van der Waals surface area contributed by atoms with Crippen LogP contribution in [0.2, 0.25) is 0 Å². The molecular weight excluding hydrogens is 266 g/mol. The Balaban J connectivity index is 1.70. The van der Waals surface area contributed by atoms with Crippen LogP contribution in [0, 0.1) is 6.92 Å². The van der Waals surface area contributed by atoms with Crippen molar-refractivity contribution in [2.45, 2.75) is 25.8 Å². The molecule has 0 N–H and O–H groups in total. The average Bonchev–Trinajstić information content (AvgIpc) is 2.54. The second-order valence-electron chi connectivity index (χ2n) is 5.12. The monoisotopic (exact) mass is 285 g/mol. The van der Waals surface area contributed by atoms with E-state index in [-0.39, 0.29) is 0 Å². The highest BCUT2D eigenvalue weighted by atomic mass is 16.5. The molecule has 0 radical (unpaired) electrons. The van der Waals surface area contributed by atoms with Gasteiger partial charge in [0.25, 0.3) is 0 Å². The standard InChI is InChI=1S/C15H19N5O/c1-12-17-5-4-15(19-12)20-8-9-21-11-14(20)3-2-13-10-16-6-7-18-13/h4-7,10,14H,2-3,8-9,11H2,1H3/t14-/m1/s1. The molecule has 0 bridgehead atoms. The summed E-state index contributed by atoms with van der Waals surface area (Å²) in [6.45, 7) is 4.24. The lowest BCUT2D eigenvalue weighted by Crippen LogP contribution is -2.46. The Morgan fingerprint density at radius 3 is 3.05 bits per heavy atom. The third-order valence-electron chi connectivity index (χ3n) is 3.63. The summed E-state index contributed by atoms with van der Waals surface area (Å²) in [4.78, 5) is 19.5. The summed E-state index contributed by atoms with van der Waals surface area (Å²) < 4.78 is 5.63. The van der Waals surface area contributed by atoms with Crippen molar-refractivity contribution < 1.29 is 4.74 Å². The van der Waals surface area contributed by atoms with E-state index in [9.17, 15) is 0 Å². The first-order chi connectivity index (χ1) is 10.3. The predicted molar refractivity (Wildman–Crippen MR) is 79.1 cm³/mol. The van der Waals surface area contributed by atoms with E-state index in [0.29, 0.717) is 6.04 Å². The first kappa shape index (κ1) is 13.9. The molecule has 0 amide bonds. The SMILES string of the molecule is Cc1nccc(N2CCOC[C@H]2CCc2cnccn2)n1. The molecule has 0 unspecified atom stereocenters. The smallest absolute Gasteiger partial charge is 0.132 e. The zero-order chi connectivity index (χ0) is 14.5. The lowest BCUT2D eigenvalue weighted by Gasteiger charge is -2.36. The van der Waals surface area contributed by atoms with Gasteiger partial charge in [-0.15, -0.1) is 0 Å². The van der Waals surface area contributed by atoms with Crippen molar-refractivity contribution in [1.82, 2.24) is 19.9 Å². The maximum absolute atomic E-state index is 5.63. The van der Waals surface area contributed by atoms with Crippen molar-refractivity contribution in [1.29, 1.82) is 0 Å². The van der Waals surface area contributed by atoms with Crippen LogP contribution >= 0.6 is 0 Å². The Kier molecular flexibility index (Phi) is 4.35. The van der Waals surface area contributed by atoms with Crippen LogP contribution in [0.25, 0.3) is 0 Å². The lowest BCUT2D eigenvalue weighted by atomic mass is 10.1. The number of aryl methyl sites for hydroxylation is 2. The summed E-state index contributed by atoms with van der Waals surface area (Å²) in [7, 11) is 0. The van der Waals surface area contributed by atoms with E-state index in [0.717, 1.165) is 49.9 Å². The summed E-state index contributed by atoms with van der Waals surface area (Å²) >= 11 is 0. The number of hydrogen-bond donors (Lipinski definition) is 0. The van der Waals surface area contributed by atoms with E-state index in [4.69, 9.17) is 4.74 Å². The minimum Gasteiger partial charge on any atom is -0.377 e. The Morgan fingerprint density at radius 1 is 1.29 bits per heavy atom. The van der Waals surface area contributed by atoms with Crippen LogP contribution in [0.1, 0.15) is 17.9 Å². The molecule has 0 aromatic carbocycles. The molecule has 2 aromatic heterocycles. The Morgan fingerprint density at radius 2 is 2.24 bits per heavy atom. The van der Waals surface area contributed by atoms with Gasteiger partial charge in [0, 0.05) is 31.3 Å². The third-order valence-corrected chi connectivity index (χ3v) is 3.63. The lowest BCUT2D eigenvalue weighted by molar-refractivity contribution is 0.0911. The number of hydrogen-bond acceptors (Lipinski definition) is 6. The molecule has 3 rings (SSSR count). The average molecular weight is 285 g/mol. The van der Waals surface area contributed by atoms with Crippen molar-refractivity contribution >= 4 is 5.82 Å². The van der Waals surface area contributed by atoms with E-state index in [1.165, 1.54) is 0 Å². The molecule has 6 heteroatoms. The Hall–Kier alpha value is -2.08. The van der Waals surface area contributed by atoms with Gasteiger partial charge in [-0.1, -0.05) is 0 Å². The number of anilines is 1. The fourth-order valence-electron chi connectivity index (χ4n) is 2.57. The Bertz CT molecular complexity index is 577. The first-order valence-electron chi connectivity index (χ1n) is 7.22. The van der Waals surface area contributed by atoms with E-state index in [1.54, 1.807) is 12.4 Å². The molecule has 1 saturated heterocycles. The molecule has 0 saturated carbocycles. The van der Waals surface area contributed by atoms with Gasteiger partial charge in [0.1, 0.15) is 11.6 Å². The molecule has 6 nitrogen and oxygen atoms in total. The zero-order valence-electron chi connectivity index (χ0n) is 12.1. The van der Waals surface area contributed by atoms with Crippen LogP contribution in [0.5, 0.6) is 0 Å². The van der Waals surface area contributed by atoms with Gasteiger partial charge >= 0.3 is 0 Å². The largest absolute Gasteiger partial charge is 0.377 e. The van der Waals surface area contributed by atoms with Gasteiger partial charge in [0.2, 0.25) is 0 Å². The molecule has 1 atom stereocenters. The first-order valence-corrected chi connectivity index (χ1v) is 7.22. The molecule has 110 valence electrons. The van der Waals surface area contributed by atoms with Gasteiger partial charge in [0.05, 0.1) is 24.9 Å². The summed E-state index contributed by atoms with van der Waals surface area (Å²) in [5, 5.41) is 0. The molecule has 0 aliphatic carbocycles. The van der Waals surface area contributed by atoms with E-state index < -0.39 is 0 Å². The van der Waals surface area contributed by atoms with Crippen molar-refractivity contribution in [3.05, 3.63) is 42.4 Å². The zero-order valence-corrected chi connectivity index (χ0v) is 12.1. The van der Waals surface area contributed by atoms with Gasteiger partial charge < -0.3 is 9.64 Å². The van der Waals surface area contributed by atoms with Crippen molar-refractivity contribution in [2.24, 2.45) is 0 Å². The van der Waals surface area contributed by atoms with Crippen molar-refractivity contribution in [3.63, 3.8) is 0 Å². The predicted octanol–water partition coefficient (Wildman–Crippen LogP) is 1.41. The molecule has 2 aromatic rings. The molecular formula is C15H19N5O. The highest BCUT2D eigenvalue weighted by Crippen LogP contribution is 2.20. The minimum atomic E-state index is 0.315. The van der Waals surface area contributed by atoms with E-state index >= 15 is 0 Å². The summed E-state index contributed by atoms with van der Waals surface area (Å²) in [5.74, 6) is 1.78. The summed E-state index contributed by atoms with van der Waals surface area (Å²) in [6, 6.07) is 2.28.